The highest BCUT2D eigenvalue weighted by molar-refractivity contribution is 7.95. The maximum Gasteiger partial charge on any atom is 0.112 e. The molecule has 0 unspecified atom stereocenters. The summed E-state index contributed by atoms with van der Waals surface area (Å²) in [4.78, 5) is 0. The van der Waals surface area contributed by atoms with Crippen LogP contribution in [0.15, 0.2) is 91.0 Å². The van der Waals surface area contributed by atoms with Crippen molar-refractivity contribution in [2.75, 3.05) is 12.7 Å². The van der Waals surface area contributed by atoms with Crippen molar-refractivity contribution in [3.05, 3.63) is 91.0 Å². The van der Waals surface area contributed by atoms with Crippen molar-refractivity contribution in [1.82, 2.24) is 0 Å². The molecule has 0 aromatic heterocycles. The van der Waals surface area contributed by atoms with E-state index in [1.165, 1.54) is 47.8 Å². The maximum absolute atomic E-state index is 3.98. The van der Waals surface area contributed by atoms with E-state index in [4.69, 9.17) is 0 Å². The van der Waals surface area contributed by atoms with E-state index in [9.17, 15) is 0 Å². The highest BCUT2D eigenvalue weighted by atomic mass is 31.2. The largest absolute Gasteiger partial charge is 0.358 e. The number of hydrogen-bond acceptors (Lipinski definition) is 0. The molecule has 0 aliphatic rings. The van der Waals surface area contributed by atoms with Crippen molar-refractivity contribution in [1.29, 1.82) is 0 Å². The summed E-state index contributed by atoms with van der Waals surface area (Å²) in [5.41, 5.74) is 3.98. The summed E-state index contributed by atoms with van der Waals surface area (Å²) in [7, 11) is -1.62. The Morgan fingerprint density at radius 2 is 0.885 bits per heavy atom. The summed E-state index contributed by atoms with van der Waals surface area (Å²) < 4.78 is 0. The molecule has 0 saturated carbocycles. The minimum atomic E-state index is -1.62. The van der Waals surface area contributed by atoms with Crippen LogP contribution in [0.5, 0.6) is 0 Å². The van der Waals surface area contributed by atoms with Gasteiger partial charge in [0.25, 0.3) is 0 Å². The molecule has 0 amide bonds. The topological polar surface area (TPSA) is 27.6 Å². The van der Waals surface area contributed by atoms with Crippen LogP contribution in [0.2, 0.25) is 0 Å². The SMILES string of the molecule is [NH3+]CCCCCC[P+](c1ccccc1)(c1ccccc1)c1ccccc1. The monoisotopic (exact) mass is 363 g/mol. The van der Waals surface area contributed by atoms with Gasteiger partial charge < -0.3 is 5.73 Å². The summed E-state index contributed by atoms with van der Waals surface area (Å²) in [6.07, 6.45) is 6.34. The minimum Gasteiger partial charge on any atom is -0.358 e. The fraction of sp³-hybridized carbons (Fsp3) is 0.250. The van der Waals surface area contributed by atoms with Gasteiger partial charge in [-0.15, -0.1) is 0 Å². The van der Waals surface area contributed by atoms with Crippen LogP contribution in [0.4, 0.5) is 0 Å². The average molecular weight is 363 g/mol. The molecule has 2 heteroatoms. The third-order valence-corrected chi connectivity index (χ3v) is 9.61. The van der Waals surface area contributed by atoms with E-state index in [-0.39, 0.29) is 0 Å². The molecule has 0 spiro atoms. The molecule has 3 N–H and O–H groups in total. The Labute approximate surface area is 158 Å². The first-order valence-corrected chi connectivity index (χ1v) is 11.7. The second kappa shape index (κ2) is 9.67. The highest BCUT2D eigenvalue weighted by Crippen LogP contribution is 2.55. The highest BCUT2D eigenvalue weighted by Gasteiger charge is 2.44. The summed E-state index contributed by atoms with van der Waals surface area (Å²) >= 11 is 0. The Bertz CT molecular complexity index is 659. The zero-order valence-corrected chi connectivity index (χ0v) is 16.5. The first-order chi connectivity index (χ1) is 12.9. The fourth-order valence-electron chi connectivity index (χ4n) is 3.76. The van der Waals surface area contributed by atoms with Gasteiger partial charge >= 0.3 is 0 Å². The molecule has 3 aromatic carbocycles. The smallest absolute Gasteiger partial charge is 0.112 e. The third-order valence-electron chi connectivity index (χ3n) is 5.08. The Morgan fingerprint density at radius 1 is 0.500 bits per heavy atom. The van der Waals surface area contributed by atoms with Crippen molar-refractivity contribution in [3.8, 4) is 0 Å². The van der Waals surface area contributed by atoms with Gasteiger partial charge in [-0.1, -0.05) is 54.6 Å². The van der Waals surface area contributed by atoms with Crippen LogP contribution >= 0.6 is 7.26 Å². The van der Waals surface area contributed by atoms with Crippen molar-refractivity contribution in [2.45, 2.75) is 25.7 Å². The molecule has 0 saturated heterocycles. The van der Waals surface area contributed by atoms with Crippen LogP contribution in [0.1, 0.15) is 25.7 Å². The molecule has 0 fully saturated rings. The molecular formula is C24H30NP+2. The average Bonchev–Trinajstić information content (AvgIpc) is 2.73. The van der Waals surface area contributed by atoms with Crippen LogP contribution in [0.25, 0.3) is 0 Å². The Morgan fingerprint density at radius 3 is 1.27 bits per heavy atom. The number of unbranched alkanes of at least 4 members (excludes halogenated alkanes) is 3. The maximum atomic E-state index is 3.98. The second-order valence-electron chi connectivity index (χ2n) is 6.81. The summed E-state index contributed by atoms with van der Waals surface area (Å²) in [5.74, 6) is 0. The molecule has 26 heavy (non-hydrogen) atoms. The molecule has 134 valence electrons. The van der Waals surface area contributed by atoms with Gasteiger partial charge in [0, 0.05) is 0 Å². The molecule has 0 aliphatic carbocycles. The summed E-state index contributed by atoms with van der Waals surface area (Å²) in [6.45, 7) is 1.05. The molecular weight excluding hydrogens is 333 g/mol. The van der Waals surface area contributed by atoms with Crippen molar-refractivity contribution in [3.63, 3.8) is 0 Å². The van der Waals surface area contributed by atoms with Gasteiger partial charge in [-0.25, -0.2) is 0 Å². The first kappa shape index (κ1) is 18.8. The fourth-order valence-corrected chi connectivity index (χ4v) is 8.17. The molecule has 1 nitrogen and oxygen atoms in total. The van der Waals surface area contributed by atoms with Gasteiger partial charge in [0.05, 0.1) is 12.7 Å². The zero-order valence-electron chi connectivity index (χ0n) is 15.6. The lowest BCUT2D eigenvalue weighted by Gasteiger charge is -2.27. The lowest BCUT2D eigenvalue weighted by atomic mass is 10.2. The molecule has 0 heterocycles. The van der Waals surface area contributed by atoms with Crippen LogP contribution in [-0.2, 0) is 0 Å². The predicted octanol–water partition coefficient (Wildman–Crippen LogP) is 3.78. The summed E-state index contributed by atoms with van der Waals surface area (Å²) in [5, 5.41) is 4.48. The number of hydrogen-bond donors (Lipinski definition) is 1. The molecule has 3 aromatic rings. The zero-order chi connectivity index (χ0) is 18.1. The minimum absolute atomic E-state index is 1.05. The number of benzene rings is 3. The van der Waals surface area contributed by atoms with Gasteiger partial charge in [-0.3, -0.25) is 0 Å². The van der Waals surface area contributed by atoms with Crippen LogP contribution in [-0.4, -0.2) is 12.7 Å². The Balaban J connectivity index is 2.06. The molecule has 0 bridgehead atoms. The molecule has 3 rings (SSSR count). The normalized spacial score (nSPS) is 11.4. The van der Waals surface area contributed by atoms with Crippen LogP contribution in [0, 0.1) is 0 Å². The Kier molecular flexibility index (Phi) is 7.00. The Hall–Kier alpha value is -1.95. The third kappa shape index (κ3) is 4.23. The van der Waals surface area contributed by atoms with Crippen molar-refractivity contribution < 1.29 is 5.73 Å². The predicted molar refractivity (Wildman–Crippen MR) is 116 cm³/mol. The van der Waals surface area contributed by atoms with Crippen molar-refractivity contribution in [2.24, 2.45) is 0 Å². The van der Waals surface area contributed by atoms with E-state index in [1.54, 1.807) is 0 Å². The van der Waals surface area contributed by atoms with Crippen LogP contribution in [0.3, 0.4) is 0 Å². The van der Waals surface area contributed by atoms with Crippen molar-refractivity contribution >= 4 is 23.2 Å². The van der Waals surface area contributed by atoms with Gasteiger partial charge in [0.2, 0.25) is 0 Å². The molecule has 0 aliphatic heterocycles. The van der Waals surface area contributed by atoms with E-state index in [0.29, 0.717) is 0 Å². The quantitative estimate of drug-likeness (QED) is 0.443. The number of quaternary nitrogens is 1. The second-order valence-corrected chi connectivity index (χ2v) is 10.4. The lowest BCUT2D eigenvalue weighted by molar-refractivity contribution is -0.368. The van der Waals surface area contributed by atoms with E-state index in [0.717, 1.165) is 6.54 Å². The number of rotatable bonds is 9. The van der Waals surface area contributed by atoms with Gasteiger partial charge in [0.1, 0.15) is 23.2 Å². The standard InChI is InChI=1S/C24H29NP/c25-20-12-1-2-13-21-26(22-14-6-3-7-15-22,23-16-8-4-9-17-23)24-18-10-5-11-19-24/h3-11,14-19H,1-2,12-13,20-21,25H2/q+1/p+1. The van der Waals surface area contributed by atoms with E-state index < -0.39 is 7.26 Å². The first-order valence-electron chi connectivity index (χ1n) is 9.72. The summed E-state index contributed by atoms with van der Waals surface area (Å²) in [6, 6.07) is 33.6. The molecule has 0 atom stereocenters. The van der Waals surface area contributed by atoms with E-state index in [1.807, 2.05) is 0 Å². The van der Waals surface area contributed by atoms with Gasteiger partial charge in [-0.05, 0) is 62.1 Å². The van der Waals surface area contributed by atoms with E-state index >= 15 is 0 Å². The molecule has 0 radical (unpaired) electrons. The van der Waals surface area contributed by atoms with Crippen LogP contribution < -0.4 is 21.6 Å². The van der Waals surface area contributed by atoms with Gasteiger partial charge in [0.15, 0.2) is 0 Å². The van der Waals surface area contributed by atoms with Gasteiger partial charge in [-0.2, -0.15) is 0 Å². The lowest BCUT2D eigenvalue weighted by Crippen LogP contribution is -2.50. The van der Waals surface area contributed by atoms with E-state index in [2.05, 4.69) is 96.7 Å².